The molecule has 116 valence electrons. The van der Waals surface area contributed by atoms with Gasteiger partial charge in [0.25, 0.3) is 0 Å². The SMILES string of the molecule is CCCNC(C1=CCCO1)c1cc(C(F)(F)F)ccc1F. The summed E-state index contributed by atoms with van der Waals surface area (Å²) in [5.74, 6) is -0.185. The molecule has 1 atom stereocenters. The van der Waals surface area contributed by atoms with Crippen LogP contribution in [0.25, 0.3) is 0 Å². The smallest absolute Gasteiger partial charge is 0.416 e. The molecule has 0 spiro atoms. The molecule has 0 saturated heterocycles. The average Bonchev–Trinajstić information content (AvgIpc) is 2.93. The molecule has 0 aromatic heterocycles. The third-order valence-electron chi connectivity index (χ3n) is 3.25. The maximum Gasteiger partial charge on any atom is 0.416 e. The van der Waals surface area contributed by atoms with Crippen LogP contribution in [0.2, 0.25) is 0 Å². The molecule has 0 bridgehead atoms. The minimum atomic E-state index is -4.50. The highest BCUT2D eigenvalue weighted by atomic mass is 19.4. The molecule has 0 amide bonds. The minimum absolute atomic E-state index is 0.0357. The fourth-order valence-electron chi connectivity index (χ4n) is 2.23. The van der Waals surface area contributed by atoms with Crippen LogP contribution in [-0.2, 0) is 10.9 Å². The third kappa shape index (κ3) is 3.75. The lowest BCUT2D eigenvalue weighted by Gasteiger charge is -2.21. The number of nitrogens with one attached hydrogen (secondary N) is 1. The van der Waals surface area contributed by atoms with E-state index in [4.69, 9.17) is 4.74 Å². The van der Waals surface area contributed by atoms with E-state index >= 15 is 0 Å². The van der Waals surface area contributed by atoms with Crippen molar-refractivity contribution in [1.82, 2.24) is 5.32 Å². The Bertz CT molecular complexity index is 525. The molecule has 2 rings (SSSR count). The topological polar surface area (TPSA) is 21.3 Å². The van der Waals surface area contributed by atoms with Crippen LogP contribution >= 0.6 is 0 Å². The lowest BCUT2D eigenvalue weighted by atomic mass is 10.0. The molecular weight excluding hydrogens is 286 g/mol. The number of alkyl halides is 3. The number of rotatable bonds is 5. The van der Waals surface area contributed by atoms with Gasteiger partial charge in [-0.2, -0.15) is 13.2 Å². The summed E-state index contributed by atoms with van der Waals surface area (Å²) in [6.07, 6.45) is -1.25. The van der Waals surface area contributed by atoms with Gasteiger partial charge < -0.3 is 10.1 Å². The van der Waals surface area contributed by atoms with E-state index in [2.05, 4.69) is 5.32 Å². The summed E-state index contributed by atoms with van der Waals surface area (Å²) >= 11 is 0. The van der Waals surface area contributed by atoms with Gasteiger partial charge in [-0.15, -0.1) is 0 Å². The Morgan fingerprint density at radius 3 is 2.67 bits per heavy atom. The first kappa shape index (κ1) is 15.8. The lowest BCUT2D eigenvalue weighted by Crippen LogP contribution is -2.25. The van der Waals surface area contributed by atoms with E-state index in [1.807, 2.05) is 6.92 Å². The van der Waals surface area contributed by atoms with Gasteiger partial charge in [0.15, 0.2) is 0 Å². The van der Waals surface area contributed by atoms with Crippen molar-refractivity contribution >= 4 is 0 Å². The van der Waals surface area contributed by atoms with E-state index in [1.165, 1.54) is 0 Å². The quantitative estimate of drug-likeness (QED) is 0.824. The van der Waals surface area contributed by atoms with Crippen molar-refractivity contribution in [2.75, 3.05) is 13.2 Å². The number of hydrogen-bond acceptors (Lipinski definition) is 2. The molecule has 1 unspecified atom stereocenters. The second-order valence-electron chi connectivity index (χ2n) is 4.86. The van der Waals surface area contributed by atoms with Crippen molar-refractivity contribution in [3.63, 3.8) is 0 Å². The molecule has 2 nitrogen and oxygen atoms in total. The van der Waals surface area contributed by atoms with Gasteiger partial charge in [0.1, 0.15) is 11.6 Å². The molecule has 1 aliphatic rings. The second kappa shape index (κ2) is 6.47. The molecule has 0 radical (unpaired) electrons. The summed E-state index contributed by atoms with van der Waals surface area (Å²) in [7, 11) is 0. The highest BCUT2D eigenvalue weighted by Crippen LogP contribution is 2.34. The van der Waals surface area contributed by atoms with Gasteiger partial charge in [0.05, 0.1) is 18.2 Å². The monoisotopic (exact) mass is 303 g/mol. The van der Waals surface area contributed by atoms with E-state index < -0.39 is 23.6 Å². The van der Waals surface area contributed by atoms with Crippen LogP contribution in [0.4, 0.5) is 17.6 Å². The number of halogens is 4. The summed E-state index contributed by atoms with van der Waals surface area (Å²) < 4.78 is 57.8. The Morgan fingerprint density at radius 1 is 1.33 bits per heavy atom. The largest absolute Gasteiger partial charge is 0.496 e. The Hall–Kier alpha value is -1.56. The molecule has 1 aromatic rings. The van der Waals surface area contributed by atoms with E-state index in [-0.39, 0.29) is 5.56 Å². The van der Waals surface area contributed by atoms with Gasteiger partial charge >= 0.3 is 6.18 Å². The van der Waals surface area contributed by atoms with E-state index in [9.17, 15) is 17.6 Å². The van der Waals surface area contributed by atoms with Crippen molar-refractivity contribution in [3.05, 3.63) is 47.0 Å². The first-order valence-corrected chi connectivity index (χ1v) is 6.86. The van der Waals surface area contributed by atoms with Gasteiger partial charge in [0.2, 0.25) is 0 Å². The predicted molar refractivity (Wildman–Crippen MR) is 71.1 cm³/mol. The van der Waals surface area contributed by atoms with Gasteiger partial charge in [-0.05, 0) is 37.2 Å². The second-order valence-corrected chi connectivity index (χ2v) is 4.86. The number of ether oxygens (including phenoxy) is 1. The van der Waals surface area contributed by atoms with Crippen LogP contribution in [-0.4, -0.2) is 13.2 Å². The van der Waals surface area contributed by atoms with Gasteiger partial charge in [-0.1, -0.05) is 6.92 Å². The molecule has 0 aliphatic carbocycles. The molecule has 1 heterocycles. The first-order valence-electron chi connectivity index (χ1n) is 6.86. The zero-order chi connectivity index (χ0) is 15.5. The average molecular weight is 303 g/mol. The molecule has 0 saturated carbocycles. The summed E-state index contributed by atoms with van der Waals surface area (Å²) in [4.78, 5) is 0. The Labute approximate surface area is 120 Å². The van der Waals surface area contributed by atoms with Crippen molar-refractivity contribution in [2.45, 2.75) is 32.0 Å². The van der Waals surface area contributed by atoms with E-state index in [0.29, 0.717) is 25.3 Å². The molecule has 6 heteroatoms. The molecule has 1 aromatic carbocycles. The fourth-order valence-corrected chi connectivity index (χ4v) is 2.23. The van der Waals surface area contributed by atoms with Gasteiger partial charge in [-0.3, -0.25) is 0 Å². The van der Waals surface area contributed by atoms with Gasteiger partial charge in [-0.25, -0.2) is 4.39 Å². The van der Waals surface area contributed by atoms with Crippen molar-refractivity contribution in [2.24, 2.45) is 0 Å². The summed E-state index contributed by atoms with van der Waals surface area (Å²) in [6, 6.07) is 1.77. The number of hydrogen-bond donors (Lipinski definition) is 1. The lowest BCUT2D eigenvalue weighted by molar-refractivity contribution is -0.137. The highest BCUT2D eigenvalue weighted by molar-refractivity contribution is 5.33. The maximum absolute atomic E-state index is 14.0. The molecular formula is C15H17F4NO. The first-order chi connectivity index (χ1) is 9.93. The van der Waals surface area contributed by atoms with Crippen molar-refractivity contribution < 1.29 is 22.3 Å². The van der Waals surface area contributed by atoms with Crippen LogP contribution in [0.3, 0.4) is 0 Å². The fraction of sp³-hybridized carbons (Fsp3) is 0.467. The van der Waals surface area contributed by atoms with Crippen molar-refractivity contribution in [1.29, 1.82) is 0 Å². The van der Waals surface area contributed by atoms with Crippen LogP contribution < -0.4 is 5.32 Å². The molecule has 0 fully saturated rings. The predicted octanol–water partition coefficient (Wildman–Crippen LogP) is 4.19. The minimum Gasteiger partial charge on any atom is -0.496 e. The van der Waals surface area contributed by atoms with Crippen LogP contribution in [0.15, 0.2) is 30.0 Å². The maximum atomic E-state index is 14.0. The molecule has 1 aliphatic heterocycles. The summed E-state index contributed by atoms with van der Waals surface area (Å²) in [5, 5.41) is 3.05. The Morgan fingerprint density at radius 2 is 2.10 bits per heavy atom. The van der Waals surface area contributed by atoms with Gasteiger partial charge in [0, 0.05) is 12.0 Å². The van der Waals surface area contributed by atoms with Crippen LogP contribution in [0, 0.1) is 5.82 Å². The Kier molecular flexibility index (Phi) is 4.88. The van der Waals surface area contributed by atoms with Crippen molar-refractivity contribution in [3.8, 4) is 0 Å². The zero-order valence-electron chi connectivity index (χ0n) is 11.6. The van der Waals surface area contributed by atoms with E-state index in [1.54, 1.807) is 6.08 Å². The van der Waals surface area contributed by atoms with Crippen LogP contribution in [0.5, 0.6) is 0 Å². The number of benzene rings is 1. The zero-order valence-corrected chi connectivity index (χ0v) is 11.6. The molecule has 21 heavy (non-hydrogen) atoms. The Balaban J connectivity index is 2.38. The standard InChI is InChI=1S/C15H17F4NO/c1-2-7-20-14(13-4-3-8-21-13)11-9-10(15(17,18)19)5-6-12(11)16/h4-6,9,14,20H,2-3,7-8H2,1H3. The normalized spacial score (nSPS) is 16.5. The third-order valence-corrected chi connectivity index (χ3v) is 3.25. The highest BCUT2D eigenvalue weighted by Gasteiger charge is 2.33. The van der Waals surface area contributed by atoms with E-state index in [0.717, 1.165) is 24.6 Å². The molecule has 1 N–H and O–H groups in total. The summed E-state index contributed by atoms with van der Waals surface area (Å²) in [6.45, 7) is 2.96. The summed E-state index contributed by atoms with van der Waals surface area (Å²) in [5.41, 5.74) is -0.896. The van der Waals surface area contributed by atoms with Crippen LogP contribution in [0.1, 0.15) is 36.9 Å².